The van der Waals surface area contributed by atoms with E-state index >= 15 is 0 Å². The van der Waals surface area contributed by atoms with Crippen LogP contribution in [0.2, 0.25) is 5.02 Å². The Labute approximate surface area is 203 Å². The van der Waals surface area contributed by atoms with Crippen LogP contribution in [0, 0.1) is 0 Å². The van der Waals surface area contributed by atoms with Crippen molar-refractivity contribution in [3.63, 3.8) is 0 Å². The van der Waals surface area contributed by atoms with Gasteiger partial charge in [-0.25, -0.2) is 4.98 Å². The van der Waals surface area contributed by atoms with Crippen LogP contribution in [0.1, 0.15) is 21.5 Å². The summed E-state index contributed by atoms with van der Waals surface area (Å²) in [7, 11) is 3.17. The molecular weight excluding hydrogens is 495 g/mol. The third kappa shape index (κ3) is 6.57. The SMILES string of the molecule is COCCN(CCOC)Cc1cc(Cl)cc(C(=O)Nc2nc3ccc(C(F)(F)F)cc3s2)c1O. The van der Waals surface area contributed by atoms with Gasteiger partial charge in [0.2, 0.25) is 0 Å². The number of aromatic hydroxyl groups is 1. The van der Waals surface area contributed by atoms with Crippen molar-refractivity contribution in [2.24, 2.45) is 0 Å². The van der Waals surface area contributed by atoms with Gasteiger partial charge in [-0.15, -0.1) is 0 Å². The third-order valence-corrected chi connectivity index (χ3v) is 6.10. The number of rotatable bonds is 10. The van der Waals surface area contributed by atoms with E-state index in [0.29, 0.717) is 43.9 Å². The van der Waals surface area contributed by atoms with E-state index in [9.17, 15) is 23.1 Å². The minimum atomic E-state index is -4.48. The first-order valence-corrected chi connectivity index (χ1v) is 11.3. The number of alkyl halides is 3. The van der Waals surface area contributed by atoms with Crippen LogP contribution in [-0.2, 0) is 22.2 Å². The Balaban J connectivity index is 1.82. The fourth-order valence-corrected chi connectivity index (χ4v) is 4.36. The van der Waals surface area contributed by atoms with Gasteiger partial charge in [-0.2, -0.15) is 13.2 Å². The first-order valence-electron chi connectivity index (χ1n) is 10.1. The molecule has 0 aliphatic rings. The molecule has 0 fully saturated rings. The van der Waals surface area contributed by atoms with Crippen LogP contribution >= 0.6 is 22.9 Å². The molecule has 0 atom stereocenters. The Kier molecular flexibility index (Phi) is 8.72. The molecule has 2 aromatic carbocycles. The smallest absolute Gasteiger partial charge is 0.416 e. The van der Waals surface area contributed by atoms with Gasteiger partial charge in [0, 0.05) is 44.4 Å². The monoisotopic (exact) mass is 517 g/mol. The predicted molar refractivity (Wildman–Crippen MR) is 125 cm³/mol. The summed E-state index contributed by atoms with van der Waals surface area (Å²) in [5, 5.41) is 13.7. The number of fused-ring (bicyclic) bond motifs is 1. The number of methoxy groups -OCH3 is 2. The number of ether oxygens (including phenoxy) is 2. The van der Waals surface area contributed by atoms with Crippen molar-refractivity contribution in [3.05, 3.63) is 52.0 Å². The summed E-state index contributed by atoms with van der Waals surface area (Å²) in [5.41, 5.74) is -0.124. The lowest BCUT2D eigenvalue weighted by atomic mass is 10.1. The van der Waals surface area contributed by atoms with Gasteiger partial charge in [0.05, 0.1) is 34.6 Å². The topological polar surface area (TPSA) is 83.9 Å². The van der Waals surface area contributed by atoms with Gasteiger partial charge >= 0.3 is 6.18 Å². The van der Waals surface area contributed by atoms with Crippen LogP contribution in [0.3, 0.4) is 0 Å². The molecule has 1 heterocycles. The highest BCUT2D eigenvalue weighted by atomic mass is 35.5. The largest absolute Gasteiger partial charge is 0.507 e. The number of hydrogen-bond acceptors (Lipinski definition) is 7. The molecule has 3 aromatic rings. The van der Waals surface area contributed by atoms with Gasteiger partial charge in [0.1, 0.15) is 5.75 Å². The number of nitrogens with one attached hydrogen (secondary N) is 1. The van der Waals surface area contributed by atoms with E-state index in [4.69, 9.17) is 21.1 Å². The van der Waals surface area contributed by atoms with Crippen molar-refractivity contribution in [2.45, 2.75) is 12.7 Å². The second-order valence-electron chi connectivity index (χ2n) is 7.38. The average molecular weight is 518 g/mol. The lowest BCUT2D eigenvalue weighted by Crippen LogP contribution is -2.30. The van der Waals surface area contributed by atoms with Gasteiger partial charge in [-0.1, -0.05) is 22.9 Å². The molecule has 0 unspecified atom stereocenters. The maximum absolute atomic E-state index is 13.0. The minimum absolute atomic E-state index is 0.0730. The number of benzene rings is 2. The van der Waals surface area contributed by atoms with E-state index in [0.717, 1.165) is 23.5 Å². The quantitative estimate of drug-likeness (QED) is 0.393. The molecule has 3 rings (SSSR count). The Morgan fingerprint density at radius 3 is 2.47 bits per heavy atom. The van der Waals surface area contributed by atoms with Crippen LogP contribution in [0.15, 0.2) is 30.3 Å². The van der Waals surface area contributed by atoms with Gasteiger partial charge in [-0.3, -0.25) is 15.0 Å². The van der Waals surface area contributed by atoms with Gasteiger partial charge in [-0.05, 0) is 30.3 Å². The number of thiazole rings is 1. The third-order valence-electron chi connectivity index (χ3n) is 4.95. The second-order valence-corrected chi connectivity index (χ2v) is 8.84. The van der Waals surface area contributed by atoms with Crippen molar-refractivity contribution in [1.82, 2.24) is 9.88 Å². The Morgan fingerprint density at radius 2 is 1.85 bits per heavy atom. The second kappa shape index (κ2) is 11.3. The number of nitrogens with zero attached hydrogens (tertiary/aromatic N) is 2. The molecule has 1 aromatic heterocycles. The summed E-state index contributed by atoms with van der Waals surface area (Å²) >= 11 is 7.11. The van der Waals surface area contributed by atoms with Gasteiger partial charge in [0.15, 0.2) is 5.13 Å². The number of amides is 1. The standard InChI is InChI=1S/C22H23ClF3N3O4S/c1-32-7-5-29(6-8-33-2)12-13-9-15(23)11-16(19(13)30)20(31)28-21-27-17-4-3-14(22(24,25)26)10-18(17)34-21/h3-4,9-11,30H,5-8,12H2,1-2H3,(H,27,28,31). The summed E-state index contributed by atoms with van der Waals surface area (Å²) in [6.45, 7) is 2.36. The van der Waals surface area contributed by atoms with Crippen molar-refractivity contribution in [1.29, 1.82) is 0 Å². The number of carbonyl (C=O) groups is 1. The molecule has 0 radical (unpaired) electrons. The molecule has 0 spiro atoms. The molecule has 0 aliphatic carbocycles. The molecular formula is C22H23ClF3N3O4S. The zero-order chi connectivity index (χ0) is 24.9. The van der Waals surface area contributed by atoms with E-state index < -0.39 is 17.6 Å². The number of carbonyl (C=O) groups excluding carboxylic acids is 1. The first kappa shape index (κ1) is 26.2. The number of phenolic OH excluding ortho intramolecular Hbond substituents is 1. The number of phenols is 1. The molecule has 184 valence electrons. The normalized spacial score (nSPS) is 12.0. The molecule has 34 heavy (non-hydrogen) atoms. The van der Waals surface area contributed by atoms with E-state index in [1.54, 1.807) is 20.3 Å². The van der Waals surface area contributed by atoms with Crippen LogP contribution in [0.5, 0.6) is 5.75 Å². The Bertz CT molecular complexity index is 1150. The molecule has 0 aliphatic heterocycles. The van der Waals surface area contributed by atoms with Crippen molar-refractivity contribution < 1.29 is 32.5 Å². The zero-order valence-electron chi connectivity index (χ0n) is 18.4. The maximum Gasteiger partial charge on any atom is 0.416 e. The molecule has 12 heteroatoms. The highest BCUT2D eigenvalue weighted by Gasteiger charge is 2.31. The Hall–Kier alpha value is -2.44. The lowest BCUT2D eigenvalue weighted by Gasteiger charge is -2.22. The lowest BCUT2D eigenvalue weighted by molar-refractivity contribution is -0.137. The Morgan fingerprint density at radius 1 is 1.18 bits per heavy atom. The van der Waals surface area contributed by atoms with Crippen LogP contribution < -0.4 is 5.32 Å². The number of aromatic nitrogens is 1. The van der Waals surface area contributed by atoms with Crippen LogP contribution in [0.25, 0.3) is 10.2 Å². The van der Waals surface area contributed by atoms with Crippen molar-refractivity contribution in [3.8, 4) is 5.75 Å². The fourth-order valence-electron chi connectivity index (χ4n) is 3.22. The number of halogens is 4. The fraction of sp³-hybridized carbons (Fsp3) is 0.364. The first-order chi connectivity index (χ1) is 16.1. The summed E-state index contributed by atoms with van der Waals surface area (Å²) in [6.07, 6.45) is -4.48. The highest BCUT2D eigenvalue weighted by molar-refractivity contribution is 7.22. The van der Waals surface area contributed by atoms with Crippen molar-refractivity contribution >= 4 is 44.2 Å². The van der Waals surface area contributed by atoms with Gasteiger partial charge in [0.25, 0.3) is 5.91 Å². The molecule has 7 nitrogen and oxygen atoms in total. The van der Waals surface area contributed by atoms with Crippen LogP contribution in [0.4, 0.5) is 18.3 Å². The van der Waals surface area contributed by atoms with E-state index in [1.165, 1.54) is 12.1 Å². The average Bonchev–Trinajstić information content (AvgIpc) is 3.18. The molecule has 2 N–H and O–H groups in total. The minimum Gasteiger partial charge on any atom is -0.507 e. The molecule has 0 bridgehead atoms. The number of hydrogen-bond donors (Lipinski definition) is 2. The van der Waals surface area contributed by atoms with E-state index in [1.807, 2.05) is 4.90 Å². The van der Waals surface area contributed by atoms with Gasteiger partial charge < -0.3 is 14.6 Å². The molecule has 0 saturated heterocycles. The molecule has 0 saturated carbocycles. The zero-order valence-corrected chi connectivity index (χ0v) is 20.0. The summed E-state index contributed by atoms with van der Waals surface area (Å²) in [4.78, 5) is 19.0. The summed E-state index contributed by atoms with van der Waals surface area (Å²) in [5.74, 6) is -0.932. The predicted octanol–water partition coefficient (Wildman–Crippen LogP) is 5.02. The maximum atomic E-state index is 13.0. The number of anilines is 1. The summed E-state index contributed by atoms with van der Waals surface area (Å²) < 4.78 is 49.4. The van der Waals surface area contributed by atoms with E-state index in [2.05, 4.69) is 10.3 Å². The highest BCUT2D eigenvalue weighted by Crippen LogP contribution is 2.35. The summed E-state index contributed by atoms with van der Waals surface area (Å²) in [6, 6.07) is 6.04. The van der Waals surface area contributed by atoms with E-state index in [-0.39, 0.29) is 26.2 Å². The van der Waals surface area contributed by atoms with Crippen LogP contribution in [-0.4, -0.2) is 61.4 Å². The van der Waals surface area contributed by atoms with Crippen molar-refractivity contribution in [2.75, 3.05) is 45.8 Å². The molecule has 1 amide bonds.